The zero-order valence-corrected chi connectivity index (χ0v) is 13.4. The number of aryl methyl sites for hydroxylation is 1. The Bertz CT molecular complexity index is 423. The zero-order valence-electron chi connectivity index (χ0n) is 13.4. The van der Waals surface area contributed by atoms with Crippen molar-refractivity contribution in [3.8, 4) is 5.75 Å². The molecule has 3 nitrogen and oxygen atoms in total. The van der Waals surface area contributed by atoms with Gasteiger partial charge in [-0.1, -0.05) is 13.0 Å². The highest BCUT2D eigenvalue weighted by Gasteiger charge is 2.17. The number of ether oxygens (including phenoxy) is 1. The van der Waals surface area contributed by atoms with E-state index in [4.69, 9.17) is 4.74 Å². The first-order chi connectivity index (χ1) is 9.60. The van der Waals surface area contributed by atoms with Crippen molar-refractivity contribution >= 4 is 5.69 Å². The molecule has 2 rings (SSSR count). The molecule has 0 amide bonds. The Labute approximate surface area is 123 Å². The first-order valence-electron chi connectivity index (χ1n) is 7.84. The fourth-order valence-electron chi connectivity index (χ4n) is 2.71. The molecular weight excluding hydrogens is 248 g/mol. The lowest BCUT2D eigenvalue weighted by atomic mass is 10.1. The van der Waals surface area contributed by atoms with E-state index >= 15 is 0 Å². The van der Waals surface area contributed by atoms with Gasteiger partial charge in [0.2, 0.25) is 0 Å². The molecule has 112 valence electrons. The second-order valence-corrected chi connectivity index (χ2v) is 5.95. The van der Waals surface area contributed by atoms with Gasteiger partial charge in [0, 0.05) is 37.9 Å². The van der Waals surface area contributed by atoms with Crippen LogP contribution in [0.2, 0.25) is 0 Å². The predicted molar refractivity (Wildman–Crippen MR) is 85.9 cm³/mol. The van der Waals surface area contributed by atoms with Crippen molar-refractivity contribution in [1.29, 1.82) is 0 Å². The van der Waals surface area contributed by atoms with Crippen LogP contribution in [-0.4, -0.2) is 43.7 Å². The minimum Gasteiger partial charge on any atom is -0.491 e. The van der Waals surface area contributed by atoms with Crippen molar-refractivity contribution in [3.63, 3.8) is 0 Å². The van der Waals surface area contributed by atoms with Crippen LogP contribution in [0.5, 0.6) is 5.75 Å². The number of piperazine rings is 1. The van der Waals surface area contributed by atoms with Crippen molar-refractivity contribution in [1.82, 2.24) is 4.90 Å². The summed E-state index contributed by atoms with van der Waals surface area (Å²) in [6.07, 6.45) is 1.47. The molecule has 1 saturated heterocycles. The Kier molecular flexibility index (Phi) is 5.30. The summed E-state index contributed by atoms with van der Waals surface area (Å²) in [5, 5.41) is 0. The van der Waals surface area contributed by atoms with Gasteiger partial charge in [-0.2, -0.15) is 0 Å². The molecule has 20 heavy (non-hydrogen) atoms. The van der Waals surface area contributed by atoms with Gasteiger partial charge < -0.3 is 9.64 Å². The summed E-state index contributed by atoms with van der Waals surface area (Å²) in [6, 6.07) is 6.59. The van der Waals surface area contributed by atoms with E-state index in [0.29, 0.717) is 0 Å². The average Bonchev–Trinajstić information content (AvgIpc) is 2.42. The van der Waals surface area contributed by atoms with Crippen molar-refractivity contribution < 1.29 is 4.74 Å². The highest BCUT2D eigenvalue weighted by Crippen LogP contribution is 2.27. The SMILES string of the molecule is CCCN1CCN(c2ccc(C)c(OC(C)C)c2)CC1. The van der Waals surface area contributed by atoms with Gasteiger partial charge in [0.25, 0.3) is 0 Å². The van der Waals surface area contributed by atoms with Gasteiger partial charge in [0.15, 0.2) is 0 Å². The standard InChI is InChI=1S/C17H28N2O/c1-5-8-18-9-11-19(12-10-18)16-7-6-15(4)17(13-16)20-14(2)3/h6-7,13-14H,5,8-12H2,1-4H3. The van der Waals surface area contributed by atoms with E-state index < -0.39 is 0 Å². The lowest BCUT2D eigenvalue weighted by molar-refractivity contribution is 0.240. The number of nitrogens with zero attached hydrogens (tertiary/aromatic N) is 2. The lowest BCUT2D eigenvalue weighted by Gasteiger charge is -2.36. The largest absolute Gasteiger partial charge is 0.491 e. The van der Waals surface area contributed by atoms with Crippen LogP contribution in [0, 0.1) is 6.92 Å². The van der Waals surface area contributed by atoms with Crippen LogP contribution in [-0.2, 0) is 0 Å². The molecule has 1 fully saturated rings. The van der Waals surface area contributed by atoms with E-state index in [2.05, 4.69) is 55.7 Å². The van der Waals surface area contributed by atoms with Crippen molar-refractivity contribution in [3.05, 3.63) is 23.8 Å². The fraction of sp³-hybridized carbons (Fsp3) is 0.647. The molecule has 0 unspecified atom stereocenters. The molecule has 0 spiro atoms. The lowest BCUT2D eigenvalue weighted by Crippen LogP contribution is -2.46. The fourth-order valence-corrected chi connectivity index (χ4v) is 2.71. The molecule has 0 bridgehead atoms. The van der Waals surface area contributed by atoms with E-state index in [1.54, 1.807) is 0 Å². The maximum absolute atomic E-state index is 5.90. The quantitative estimate of drug-likeness (QED) is 0.820. The summed E-state index contributed by atoms with van der Waals surface area (Å²) < 4.78 is 5.90. The highest BCUT2D eigenvalue weighted by molar-refractivity contribution is 5.54. The van der Waals surface area contributed by atoms with Gasteiger partial charge in [-0.15, -0.1) is 0 Å². The number of benzene rings is 1. The molecule has 0 N–H and O–H groups in total. The summed E-state index contributed by atoms with van der Waals surface area (Å²) in [5.41, 5.74) is 2.51. The smallest absolute Gasteiger partial charge is 0.124 e. The Morgan fingerprint density at radius 2 is 1.85 bits per heavy atom. The molecule has 1 aliphatic heterocycles. The van der Waals surface area contributed by atoms with Gasteiger partial charge in [0.1, 0.15) is 5.75 Å². The first kappa shape index (κ1) is 15.2. The van der Waals surface area contributed by atoms with Gasteiger partial charge in [-0.05, 0) is 45.4 Å². The molecule has 0 aliphatic carbocycles. The van der Waals surface area contributed by atoms with Crippen LogP contribution in [0.25, 0.3) is 0 Å². The van der Waals surface area contributed by atoms with E-state index in [1.807, 2.05) is 0 Å². The zero-order chi connectivity index (χ0) is 14.5. The van der Waals surface area contributed by atoms with Crippen molar-refractivity contribution in [2.75, 3.05) is 37.6 Å². The summed E-state index contributed by atoms with van der Waals surface area (Å²) in [4.78, 5) is 5.02. The maximum Gasteiger partial charge on any atom is 0.124 e. The molecule has 0 saturated carbocycles. The summed E-state index contributed by atoms with van der Waals surface area (Å²) in [5.74, 6) is 1.02. The predicted octanol–water partition coefficient (Wildman–Crippen LogP) is 3.31. The van der Waals surface area contributed by atoms with Crippen molar-refractivity contribution in [2.45, 2.75) is 40.2 Å². The Morgan fingerprint density at radius 1 is 1.15 bits per heavy atom. The van der Waals surface area contributed by atoms with Crippen molar-refractivity contribution in [2.24, 2.45) is 0 Å². The summed E-state index contributed by atoms with van der Waals surface area (Å²) in [7, 11) is 0. The minimum absolute atomic E-state index is 0.227. The second-order valence-electron chi connectivity index (χ2n) is 5.95. The van der Waals surface area contributed by atoms with E-state index in [-0.39, 0.29) is 6.10 Å². The van der Waals surface area contributed by atoms with Crippen LogP contribution in [0.4, 0.5) is 5.69 Å². The average molecular weight is 276 g/mol. The monoisotopic (exact) mass is 276 g/mol. The van der Waals surface area contributed by atoms with Crippen LogP contribution in [0.1, 0.15) is 32.8 Å². The van der Waals surface area contributed by atoms with Crippen LogP contribution < -0.4 is 9.64 Å². The summed E-state index contributed by atoms with van der Waals surface area (Å²) in [6.45, 7) is 14.3. The second kappa shape index (κ2) is 6.98. The molecule has 0 aromatic heterocycles. The van der Waals surface area contributed by atoms with Crippen LogP contribution >= 0.6 is 0 Å². The number of hydrogen-bond acceptors (Lipinski definition) is 3. The third-order valence-corrected chi connectivity index (χ3v) is 3.81. The van der Waals surface area contributed by atoms with Gasteiger partial charge >= 0.3 is 0 Å². The molecule has 1 aromatic carbocycles. The number of hydrogen-bond donors (Lipinski definition) is 0. The van der Waals surface area contributed by atoms with E-state index in [0.717, 1.165) is 18.8 Å². The van der Waals surface area contributed by atoms with E-state index in [1.165, 1.54) is 37.3 Å². The molecule has 0 atom stereocenters. The molecule has 1 aliphatic rings. The third kappa shape index (κ3) is 3.89. The van der Waals surface area contributed by atoms with Gasteiger partial charge in [0.05, 0.1) is 6.10 Å². The molecular formula is C17H28N2O. The van der Waals surface area contributed by atoms with Gasteiger partial charge in [-0.25, -0.2) is 0 Å². The van der Waals surface area contributed by atoms with Gasteiger partial charge in [-0.3, -0.25) is 4.90 Å². The Hall–Kier alpha value is -1.22. The first-order valence-corrected chi connectivity index (χ1v) is 7.84. The Morgan fingerprint density at radius 3 is 2.45 bits per heavy atom. The molecule has 1 aromatic rings. The van der Waals surface area contributed by atoms with E-state index in [9.17, 15) is 0 Å². The third-order valence-electron chi connectivity index (χ3n) is 3.81. The minimum atomic E-state index is 0.227. The number of anilines is 1. The topological polar surface area (TPSA) is 15.7 Å². The maximum atomic E-state index is 5.90. The van der Waals surface area contributed by atoms with Crippen LogP contribution in [0.15, 0.2) is 18.2 Å². The Balaban J connectivity index is 2.02. The number of rotatable bonds is 5. The molecule has 0 radical (unpaired) electrons. The molecule has 3 heteroatoms. The molecule has 1 heterocycles. The highest BCUT2D eigenvalue weighted by atomic mass is 16.5. The normalized spacial score (nSPS) is 16.8. The van der Waals surface area contributed by atoms with Crippen LogP contribution in [0.3, 0.4) is 0 Å². The summed E-state index contributed by atoms with van der Waals surface area (Å²) >= 11 is 0.